The van der Waals surface area contributed by atoms with Gasteiger partial charge >= 0.3 is 0 Å². The molecule has 1 N–H and O–H groups in total. The van der Waals surface area contributed by atoms with Crippen LogP contribution in [-0.4, -0.2) is 28.8 Å². The number of aliphatic hydroxyl groups excluding tert-OH is 1. The Bertz CT molecular complexity index is 1060. The molecule has 27 heavy (non-hydrogen) atoms. The van der Waals surface area contributed by atoms with Crippen LogP contribution in [0.3, 0.4) is 0 Å². The van der Waals surface area contributed by atoms with Crippen LogP contribution in [0.4, 0.5) is 0 Å². The summed E-state index contributed by atoms with van der Waals surface area (Å²) in [7, 11) is 0. The van der Waals surface area contributed by atoms with Crippen molar-refractivity contribution in [3.05, 3.63) is 64.8 Å². The molecule has 0 saturated heterocycles. The molecule has 1 unspecified atom stereocenters. The van der Waals surface area contributed by atoms with Crippen LogP contribution in [0.25, 0.3) is 10.4 Å². The molecule has 2 aliphatic heterocycles. The molecule has 2 aromatic heterocycles. The molecule has 1 atom stereocenters. The van der Waals surface area contributed by atoms with Crippen molar-refractivity contribution in [2.24, 2.45) is 10.2 Å². The van der Waals surface area contributed by atoms with Crippen molar-refractivity contribution in [2.45, 2.75) is 12.5 Å². The van der Waals surface area contributed by atoms with Crippen molar-refractivity contribution < 1.29 is 14.6 Å². The summed E-state index contributed by atoms with van der Waals surface area (Å²) in [6, 6.07) is 11.4. The van der Waals surface area contributed by atoms with Gasteiger partial charge in [-0.1, -0.05) is 6.07 Å². The highest BCUT2D eigenvalue weighted by Crippen LogP contribution is 2.40. The smallest absolute Gasteiger partial charge is 0.231 e. The monoisotopic (exact) mass is 377 g/mol. The van der Waals surface area contributed by atoms with Crippen LogP contribution in [0, 0.1) is 0 Å². The average Bonchev–Trinajstić information content (AvgIpc) is 3.47. The summed E-state index contributed by atoms with van der Waals surface area (Å²) in [5, 5.41) is 19.3. The van der Waals surface area contributed by atoms with Crippen molar-refractivity contribution >= 4 is 23.3 Å². The number of aliphatic hydroxyl groups is 1. The first kappa shape index (κ1) is 16.2. The lowest BCUT2D eigenvalue weighted by molar-refractivity contribution is 0.173. The van der Waals surface area contributed by atoms with Gasteiger partial charge in [0.2, 0.25) is 6.79 Å². The van der Waals surface area contributed by atoms with Gasteiger partial charge in [-0.3, -0.25) is 4.98 Å². The van der Waals surface area contributed by atoms with E-state index in [4.69, 9.17) is 9.47 Å². The first-order valence-corrected chi connectivity index (χ1v) is 9.32. The Morgan fingerprint density at radius 3 is 2.70 bits per heavy atom. The zero-order valence-electron chi connectivity index (χ0n) is 14.2. The number of hydrogen-bond donors (Lipinski definition) is 1. The number of rotatable bonds is 4. The molecular weight excluding hydrogens is 362 g/mol. The second-order valence-electron chi connectivity index (χ2n) is 6.20. The van der Waals surface area contributed by atoms with Crippen molar-refractivity contribution in [2.75, 3.05) is 6.79 Å². The Morgan fingerprint density at radius 2 is 1.89 bits per heavy atom. The van der Waals surface area contributed by atoms with E-state index in [1.165, 1.54) is 0 Å². The highest BCUT2D eigenvalue weighted by molar-refractivity contribution is 7.17. The zero-order chi connectivity index (χ0) is 18.2. The van der Waals surface area contributed by atoms with Gasteiger partial charge in [-0.2, -0.15) is 10.2 Å². The minimum absolute atomic E-state index is 0.207. The molecule has 2 aliphatic rings. The van der Waals surface area contributed by atoms with Gasteiger partial charge in [0.05, 0.1) is 10.6 Å². The maximum absolute atomic E-state index is 11.1. The lowest BCUT2D eigenvalue weighted by atomic mass is 9.99. The van der Waals surface area contributed by atoms with E-state index in [0.717, 1.165) is 32.2 Å². The van der Waals surface area contributed by atoms with Crippen LogP contribution >= 0.6 is 11.3 Å². The fourth-order valence-corrected chi connectivity index (χ4v) is 4.36. The number of aromatic nitrogens is 1. The van der Waals surface area contributed by atoms with E-state index in [9.17, 15) is 5.11 Å². The molecule has 0 saturated carbocycles. The van der Waals surface area contributed by atoms with E-state index in [0.29, 0.717) is 17.9 Å². The molecule has 1 aromatic carbocycles. The van der Waals surface area contributed by atoms with Crippen LogP contribution in [0.5, 0.6) is 11.5 Å². The number of thiophene rings is 1. The maximum atomic E-state index is 11.1. The summed E-state index contributed by atoms with van der Waals surface area (Å²) in [5.74, 6) is 1.35. The average molecular weight is 377 g/mol. The SMILES string of the molecule is OC(c1ccc2c(c1)OCO2)c1cc(-c2ccncc2)sc1C1=NN=CC1. The van der Waals surface area contributed by atoms with Crippen LogP contribution in [0.15, 0.2) is 59.0 Å². The fraction of sp³-hybridized carbons (Fsp3) is 0.150. The van der Waals surface area contributed by atoms with E-state index < -0.39 is 6.10 Å². The summed E-state index contributed by atoms with van der Waals surface area (Å²) in [6.07, 6.45) is 5.16. The van der Waals surface area contributed by atoms with Gasteiger partial charge in [0.1, 0.15) is 6.10 Å². The lowest BCUT2D eigenvalue weighted by Gasteiger charge is -2.12. The largest absolute Gasteiger partial charge is 0.454 e. The molecule has 7 heteroatoms. The van der Waals surface area contributed by atoms with E-state index >= 15 is 0 Å². The molecular formula is C20H15N3O3S. The number of pyridine rings is 1. The second kappa shape index (κ2) is 6.61. The third kappa shape index (κ3) is 2.90. The number of hydrogen-bond acceptors (Lipinski definition) is 7. The molecule has 3 aromatic rings. The van der Waals surface area contributed by atoms with E-state index in [1.54, 1.807) is 29.9 Å². The summed E-state index contributed by atoms with van der Waals surface area (Å²) in [6.45, 7) is 0.207. The molecule has 0 aliphatic carbocycles. The summed E-state index contributed by atoms with van der Waals surface area (Å²) >= 11 is 1.60. The Hall–Kier alpha value is -3.03. The highest BCUT2D eigenvalue weighted by atomic mass is 32.1. The predicted molar refractivity (Wildman–Crippen MR) is 104 cm³/mol. The molecule has 4 heterocycles. The minimum Gasteiger partial charge on any atom is -0.454 e. The Kier molecular flexibility index (Phi) is 3.95. The molecule has 0 bridgehead atoms. The highest BCUT2D eigenvalue weighted by Gasteiger charge is 2.24. The van der Waals surface area contributed by atoms with E-state index in [1.807, 2.05) is 36.4 Å². The minimum atomic E-state index is -0.801. The quantitative estimate of drug-likeness (QED) is 0.750. The van der Waals surface area contributed by atoms with Crippen molar-refractivity contribution in [1.82, 2.24) is 4.98 Å². The third-order valence-corrected chi connectivity index (χ3v) is 5.79. The molecule has 134 valence electrons. The topological polar surface area (TPSA) is 76.3 Å². The molecule has 5 rings (SSSR count). The summed E-state index contributed by atoms with van der Waals surface area (Å²) < 4.78 is 10.8. The fourth-order valence-electron chi connectivity index (χ4n) is 3.17. The number of benzene rings is 1. The molecule has 0 fully saturated rings. The van der Waals surface area contributed by atoms with Gasteiger partial charge in [-0.25, -0.2) is 0 Å². The van der Waals surface area contributed by atoms with Crippen LogP contribution < -0.4 is 9.47 Å². The molecule has 0 radical (unpaired) electrons. The van der Waals surface area contributed by atoms with E-state index in [-0.39, 0.29) is 6.79 Å². The van der Waals surface area contributed by atoms with Gasteiger partial charge in [0, 0.05) is 35.5 Å². The molecule has 0 amide bonds. The summed E-state index contributed by atoms with van der Waals surface area (Å²) in [4.78, 5) is 6.08. The molecule has 0 spiro atoms. The van der Waals surface area contributed by atoms with Gasteiger partial charge in [0.15, 0.2) is 11.5 Å². The summed E-state index contributed by atoms with van der Waals surface area (Å²) in [5.41, 5.74) is 3.49. The predicted octanol–water partition coefficient (Wildman–Crippen LogP) is 3.80. The zero-order valence-corrected chi connectivity index (χ0v) is 15.0. The normalized spacial score (nSPS) is 15.8. The van der Waals surface area contributed by atoms with Crippen molar-refractivity contribution in [3.8, 4) is 21.9 Å². The third-order valence-electron chi connectivity index (χ3n) is 4.54. The Labute approximate surface area is 159 Å². The van der Waals surface area contributed by atoms with Crippen LogP contribution in [0.2, 0.25) is 0 Å². The van der Waals surface area contributed by atoms with Gasteiger partial charge in [-0.15, -0.1) is 11.3 Å². The number of fused-ring (bicyclic) bond motifs is 1. The van der Waals surface area contributed by atoms with Crippen molar-refractivity contribution in [1.29, 1.82) is 0 Å². The lowest BCUT2D eigenvalue weighted by Crippen LogP contribution is -2.05. The Balaban J connectivity index is 1.58. The first-order chi connectivity index (χ1) is 13.3. The van der Waals surface area contributed by atoms with E-state index in [2.05, 4.69) is 15.2 Å². The van der Waals surface area contributed by atoms with Crippen LogP contribution in [-0.2, 0) is 0 Å². The number of ether oxygens (including phenoxy) is 2. The van der Waals surface area contributed by atoms with Gasteiger partial charge in [0.25, 0.3) is 0 Å². The van der Waals surface area contributed by atoms with Crippen LogP contribution in [0.1, 0.15) is 28.5 Å². The van der Waals surface area contributed by atoms with Gasteiger partial charge < -0.3 is 14.6 Å². The second-order valence-corrected chi connectivity index (χ2v) is 7.25. The Morgan fingerprint density at radius 1 is 1.04 bits per heavy atom. The van der Waals surface area contributed by atoms with Crippen molar-refractivity contribution in [3.63, 3.8) is 0 Å². The first-order valence-electron chi connectivity index (χ1n) is 8.50. The standard InChI is InChI=1S/C20H15N3O3S/c24-19(13-1-2-16-17(9-13)26-11-25-16)14-10-18(12-3-6-21-7-4-12)27-20(14)15-5-8-22-23-15/h1-4,6-10,19,24H,5,11H2. The molecule has 6 nitrogen and oxygen atoms in total. The van der Waals surface area contributed by atoms with Gasteiger partial charge in [-0.05, 0) is 41.5 Å². The number of nitrogens with zero attached hydrogens (tertiary/aromatic N) is 3. The maximum Gasteiger partial charge on any atom is 0.231 e.